The summed E-state index contributed by atoms with van der Waals surface area (Å²) in [6.07, 6.45) is 4.44. The van der Waals surface area contributed by atoms with E-state index in [1.54, 1.807) is 0 Å². The quantitative estimate of drug-likeness (QED) is 0.707. The number of nitrogens with two attached hydrogens (primary N) is 1. The van der Waals surface area contributed by atoms with Gasteiger partial charge in [-0.05, 0) is 18.4 Å². The van der Waals surface area contributed by atoms with E-state index in [-0.39, 0.29) is 10.9 Å². The fourth-order valence-corrected chi connectivity index (χ4v) is 2.60. The lowest BCUT2D eigenvalue weighted by Gasteiger charge is -2.37. The van der Waals surface area contributed by atoms with E-state index in [0.717, 1.165) is 12.8 Å². The van der Waals surface area contributed by atoms with Gasteiger partial charge in [0.2, 0.25) is 0 Å². The Morgan fingerprint density at radius 1 is 1.21 bits per heavy atom. The molecule has 1 aliphatic rings. The van der Waals surface area contributed by atoms with Crippen LogP contribution in [-0.2, 0) is 4.87 Å². The van der Waals surface area contributed by atoms with Crippen LogP contribution in [0.4, 0.5) is 0 Å². The van der Waals surface area contributed by atoms with Crippen LogP contribution in [0.1, 0.15) is 31.2 Å². The first-order chi connectivity index (χ1) is 6.73. The fourth-order valence-electron chi connectivity index (χ4n) is 2.23. The van der Waals surface area contributed by atoms with Crippen LogP contribution in [0.5, 0.6) is 0 Å². The SMILES string of the molecule is NC1CCCC[C@@]1(Cl)c1ccccc1. The van der Waals surface area contributed by atoms with Gasteiger partial charge in [-0.15, -0.1) is 11.6 Å². The first kappa shape index (κ1) is 10.0. The molecule has 0 amide bonds. The number of rotatable bonds is 1. The van der Waals surface area contributed by atoms with Crippen molar-refractivity contribution < 1.29 is 0 Å². The predicted molar refractivity (Wildman–Crippen MR) is 60.4 cm³/mol. The van der Waals surface area contributed by atoms with Gasteiger partial charge in [0.15, 0.2) is 0 Å². The van der Waals surface area contributed by atoms with E-state index in [1.807, 2.05) is 18.2 Å². The smallest absolute Gasteiger partial charge is 0.0845 e. The number of alkyl halides is 1. The lowest BCUT2D eigenvalue weighted by Crippen LogP contribution is -2.43. The van der Waals surface area contributed by atoms with Crippen LogP contribution >= 0.6 is 11.6 Å². The Morgan fingerprint density at radius 3 is 2.57 bits per heavy atom. The van der Waals surface area contributed by atoms with Crippen LogP contribution in [0.25, 0.3) is 0 Å². The van der Waals surface area contributed by atoms with E-state index in [9.17, 15) is 0 Å². The topological polar surface area (TPSA) is 26.0 Å². The van der Waals surface area contributed by atoms with Crippen molar-refractivity contribution in [3.8, 4) is 0 Å². The molecule has 1 unspecified atom stereocenters. The first-order valence-corrected chi connectivity index (χ1v) is 5.61. The zero-order valence-electron chi connectivity index (χ0n) is 8.25. The fraction of sp³-hybridized carbons (Fsp3) is 0.500. The molecule has 1 fully saturated rings. The summed E-state index contributed by atoms with van der Waals surface area (Å²) >= 11 is 6.63. The van der Waals surface area contributed by atoms with Crippen molar-refractivity contribution in [1.29, 1.82) is 0 Å². The molecule has 1 aliphatic carbocycles. The Labute approximate surface area is 90.3 Å². The highest BCUT2D eigenvalue weighted by Crippen LogP contribution is 2.41. The number of benzene rings is 1. The van der Waals surface area contributed by atoms with Crippen LogP contribution in [0.15, 0.2) is 30.3 Å². The number of hydrogen-bond donors (Lipinski definition) is 1. The van der Waals surface area contributed by atoms with Gasteiger partial charge >= 0.3 is 0 Å². The third-order valence-electron chi connectivity index (χ3n) is 3.15. The van der Waals surface area contributed by atoms with Crippen molar-refractivity contribution in [2.75, 3.05) is 0 Å². The van der Waals surface area contributed by atoms with Gasteiger partial charge < -0.3 is 5.73 Å². The molecule has 14 heavy (non-hydrogen) atoms. The van der Waals surface area contributed by atoms with Gasteiger partial charge in [0.1, 0.15) is 0 Å². The zero-order valence-corrected chi connectivity index (χ0v) is 9.00. The molecule has 2 atom stereocenters. The normalized spacial score (nSPS) is 32.9. The number of halogens is 1. The predicted octanol–water partition coefficient (Wildman–Crippen LogP) is 3.02. The summed E-state index contributed by atoms with van der Waals surface area (Å²) in [5, 5.41) is 0. The largest absolute Gasteiger partial charge is 0.326 e. The van der Waals surface area contributed by atoms with Gasteiger partial charge in [0.05, 0.1) is 4.87 Å². The lowest BCUT2D eigenvalue weighted by molar-refractivity contribution is 0.344. The Morgan fingerprint density at radius 2 is 1.93 bits per heavy atom. The maximum absolute atomic E-state index is 6.63. The highest BCUT2D eigenvalue weighted by molar-refractivity contribution is 6.24. The molecule has 0 aromatic heterocycles. The minimum atomic E-state index is -0.320. The van der Waals surface area contributed by atoms with Gasteiger partial charge in [-0.25, -0.2) is 0 Å². The molecular formula is C12H16ClN. The summed E-state index contributed by atoms with van der Waals surface area (Å²) < 4.78 is 0. The third-order valence-corrected chi connectivity index (χ3v) is 3.83. The van der Waals surface area contributed by atoms with Crippen LogP contribution in [0.2, 0.25) is 0 Å². The Hall–Kier alpha value is -0.530. The van der Waals surface area contributed by atoms with Crippen LogP contribution in [0.3, 0.4) is 0 Å². The van der Waals surface area contributed by atoms with E-state index >= 15 is 0 Å². The maximum Gasteiger partial charge on any atom is 0.0845 e. The summed E-state index contributed by atoms with van der Waals surface area (Å²) in [6.45, 7) is 0. The molecule has 2 heteroatoms. The summed E-state index contributed by atoms with van der Waals surface area (Å²) in [4.78, 5) is -0.320. The summed E-state index contributed by atoms with van der Waals surface area (Å²) in [5.74, 6) is 0. The van der Waals surface area contributed by atoms with Crippen LogP contribution < -0.4 is 5.73 Å². The molecule has 1 nitrogen and oxygen atoms in total. The third kappa shape index (κ3) is 1.67. The van der Waals surface area contributed by atoms with Gasteiger partial charge in [-0.2, -0.15) is 0 Å². The standard InChI is InChI=1S/C12H16ClN/c13-12(9-5-4-8-11(12)14)10-6-2-1-3-7-10/h1-3,6-7,11H,4-5,8-9,14H2/t11?,12-/m1/s1. The van der Waals surface area contributed by atoms with Crippen molar-refractivity contribution in [1.82, 2.24) is 0 Å². The minimum Gasteiger partial charge on any atom is -0.326 e. The summed E-state index contributed by atoms with van der Waals surface area (Å²) in [6, 6.07) is 10.3. The molecule has 0 bridgehead atoms. The monoisotopic (exact) mass is 209 g/mol. The first-order valence-electron chi connectivity index (χ1n) is 5.23. The van der Waals surface area contributed by atoms with Crippen molar-refractivity contribution >= 4 is 11.6 Å². The average Bonchev–Trinajstić information content (AvgIpc) is 2.24. The van der Waals surface area contributed by atoms with Crippen molar-refractivity contribution in [2.24, 2.45) is 5.73 Å². The maximum atomic E-state index is 6.63. The molecule has 0 saturated heterocycles. The van der Waals surface area contributed by atoms with E-state index in [4.69, 9.17) is 17.3 Å². The van der Waals surface area contributed by atoms with Gasteiger partial charge in [0, 0.05) is 6.04 Å². The van der Waals surface area contributed by atoms with Crippen LogP contribution in [0, 0.1) is 0 Å². The Kier molecular flexibility index (Phi) is 2.80. The molecule has 2 rings (SSSR count). The minimum absolute atomic E-state index is 0.0975. The molecule has 76 valence electrons. The highest BCUT2D eigenvalue weighted by Gasteiger charge is 2.38. The molecule has 0 heterocycles. The van der Waals surface area contributed by atoms with Crippen LogP contribution in [-0.4, -0.2) is 6.04 Å². The van der Waals surface area contributed by atoms with E-state index in [0.29, 0.717) is 0 Å². The second kappa shape index (κ2) is 3.92. The zero-order chi connectivity index (χ0) is 10.0. The summed E-state index contributed by atoms with van der Waals surface area (Å²) in [7, 11) is 0. The molecule has 1 saturated carbocycles. The molecular weight excluding hydrogens is 194 g/mol. The Bertz CT molecular complexity index is 298. The second-order valence-electron chi connectivity index (χ2n) is 4.08. The van der Waals surface area contributed by atoms with Gasteiger partial charge in [0.25, 0.3) is 0 Å². The summed E-state index contributed by atoms with van der Waals surface area (Å²) in [5.41, 5.74) is 7.29. The van der Waals surface area contributed by atoms with Gasteiger partial charge in [-0.3, -0.25) is 0 Å². The molecule has 2 N–H and O–H groups in total. The van der Waals surface area contributed by atoms with Crippen molar-refractivity contribution in [2.45, 2.75) is 36.6 Å². The van der Waals surface area contributed by atoms with Crippen molar-refractivity contribution in [3.63, 3.8) is 0 Å². The molecule has 1 aromatic rings. The highest BCUT2D eigenvalue weighted by atomic mass is 35.5. The molecule has 0 spiro atoms. The van der Waals surface area contributed by atoms with Gasteiger partial charge in [-0.1, -0.05) is 43.2 Å². The Balaban J connectivity index is 2.30. The van der Waals surface area contributed by atoms with E-state index in [1.165, 1.54) is 18.4 Å². The van der Waals surface area contributed by atoms with E-state index in [2.05, 4.69) is 12.1 Å². The average molecular weight is 210 g/mol. The number of hydrogen-bond acceptors (Lipinski definition) is 1. The van der Waals surface area contributed by atoms with E-state index < -0.39 is 0 Å². The molecule has 0 radical (unpaired) electrons. The molecule has 0 aliphatic heterocycles. The molecule has 1 aromatic carbocycles. The lowest BCUT2D eigenvalue weighted by atomic mass is 9.79. The van der Waals surface area contributed by atoms with Crippen molar-refractivity contribution in [3.05, 3.63) is 35.9 Å². The second-order valence-corrected chi connectivity index (χ2v) is 4.76.